The molecule has 0 unspecified atom stereocenters. The first kappa shape index (κ1) is 14.3. The molecule has 0 saturated carbocycles. The van der Waals surface area contributed by atoms with Crippen molar-refractivity contribution in [2.45, 2.75) is 12.8 Å². The molecule has 3 nitrogen and oxygen atoms in total. The van der Waals surface area contributed by atoms with Gasteiger partial charge in [-0.05, 0) is 41.0 Å². The summed E-state index contributed by atoms with van der Waals surface area (Å²) in [4.78, 5) is 0. The van der Waals surface area contributed by atoms with Crippen molar-refractivity contribution in [1.29, 1.82) is 0 Å². The number of benzene rings is 2. The normalized spacial score (nSPS) is 12.7. The molecule has 0 atom stereocenters. The molecule has 110 valence electrons. The molecule has 0 radical (unpaired) electrons. The molecule has 3 rings (SSSR count). The second-order valence-corrected chi connectivity index (χ2v) is 5.93. The summed E-state index contributed by atoms with van der Waals surface area (Å²) in [5.41, 5.74) is 3.65. The standard InChI is InChI=1S/C17H17BrO3/c1-19-15-4-3-11(8-16(15)20-2)7-13-10-14(18)9-12-5-6-21-17(12)13/h3-4,8-10H,5-7H2,1-2H3. The molecular weight excluding hydrogens is 332 g/mol. The molecule has 0 spiro atoms. The molecule has 1 aliphatic heterocycles. The summed E-state index contributed by atoms with van der Waals surface area (Å²) in [5, 5.41) is 0. The van der Waals surface area contributed by atoms with Crippen LogP contribution in [0.25, 0.3) is 0 Å². The number of fused-ring (bicyclic) bond motifs is 1. The molecular formula is C17H17BrO3. The summed E-state index contributed by atoms with van der Waals surface area (Å²) in [6, 6.07) is 10.3. The highest BCUT2D eigenvalue weighted by atomic mass is 79.9. The molecule has 2 aromatic carbocycles. The first-order valence-corrected chi connectivity index (χ1v) is 7.65. The van der Waals surface area contributed by atoms with Gasteiger partial charge in [0.05, 0.1) is 20.8 Å². The van der Waals surface area contributed by atoms with Gasteiger partial charge in [-0.15, -0.1) is 0 Å². The molecule has 2 aromatic rings. The Morgan fingerprint density at radius 1 is 1.10 bits per heavy atom. The number of hydrogen-bond acceptors (Lipinski definition) is 3. The molecule has 1 aliphatic rings. The van der Waals surface area contributed by atoms with Gasteiger partial charge in [0.1, 0.15) is 5.75 Å². The van der Waals surface area contributed by atoms with Gasteiger partial charge in [-0.25, -0.2) is 0 Å². The van der Waals surface area contributed by atoms with E-state index in [1.807, 2.05) is 12.1 Å². The van der Waals surface area contributed by atoms with Crippen LogP contribution in [0.2, 0.25) is 0 Å². The maximum atomic E-state index is 5.78. The summed E-state index contributed by atoms with van der Waals surface area (Å²) in [5.74, 6) is 2.53. The van der Waals surface area contributed by atoms with Crippen molar-refractivity contribution < 1.29 is 14.2 Å². The first-order valence-electron chi connectivity index (χ1n) is 6.86. The Morgan fingerprint density at radius 3 is 2.67 bits per heavy atom. The molecule has 0 amide bonds. The zero-order valence-corrected chi connectivity index (χ0v) is 13.7. The van der Waals surface area contributed by atoms with Crippen LogP contribution in [-0.4, -0.2) is 20.8 Å². The van der Waals surface area contributed by atoms with Crippen LogP contribution in [0, 0.1) is 0 Å². The predicted molar refractivity (Wildman–Crippen MR) is 85.7 cm³/mol. The zero-order chi connectivity index (χ0) is 14.8. The summed E-state index contributed by atoms with van der Waals surface area (Å²) in [6.07, 6.45) is 1.79. The highest BCUT2D eigenvalue weighted by Gasteiger charge is 2.18. The van der Waals surface area contributed by atoms with E-state index in [-0.39, 0.29) is 0 Å². The SMILES string of the molecule is COc1ccc(Cc2cc(Br)cc3c2OCC3)cc1OC. The Labute approximate surface area is 133 Å². The lowest BCUT2D eigenvalue weighted by molar-refractivity contribution is 0.353. The number of halogens is 1. The van der Waals surface area contributed by atoms with Gasteiger partial charge in [-0.2, -0.15) is 0 Å². The van der Waals surface area contributed by atoms with E-state index in [1.165, 1.54) is 16.7 Å². The van der Waals surface area contributed by atoms with E-state index in [1.54, 1.807) is 14.2 Å². The molecule has 1 heterocycles. The Hall–Kier alpha value is -1.68. The van der Waals surface area contributed by atoms with E-state index in [9.17, 15) is 0 Å². The number of rotatable bonds is 4. The first-order chi connectivity index (χ1) is 10.2. The maximum Gasteiger partial charge on any atom is 0.160 e. The van der Waals surface area contributed by atoms with E-state index >= 15 is 0 Å². The van der Waals surface area contributed by atoms with Crippen molar-refractivity contribution in [1.82, 2.24) is 0 Å². The predicted octanol–water partition coefficient (Wildman–Crippen LogP) is 3.99. The van der Waals surface area contributed by atoms with Gasteiger partial charge >= 0.3 is 0 Å². The van der Waals surface area contributed by atoms with E-state index < -0.39 is 0 Å². The van der Waals surface area contributed by atoms with Crippen LogP contribution in [0.3, 0.4) is 0 Å². The minimum absolute atomic E-state index is 0.747. The summed E-state index contributed by atoms with van der Waals surface area (Å²) in [6.45, 7) is 0.769. The zero-order valence-electron chi connectivity index (χ0n) is 12.1. The number of methoxy groups -OCH3 is 2. The lowest BCUT2D eigenvalue weighted by atomic mass is 10.0. The fourth-order valence-corrected chi connectivity index (χ4v) is 3.24. The molecule has 0 aromatic heterocycles. The largest absolute Gasteiger partial charge is 0.493 e. The fraction of sp³-hybridized carbons (Fsp3) is 0.294. The van der Waals surface area contributed by atoms with Crippen LogP contribution in [0.4, 0.5) is 0 Å². The average Bonchev–Trinajstić information content (AvgIpc) is 2.95. The average molecular weight is 349 g/mol. The van der Waals surface area contributed by atoms with Gasteiger partial charge in [-0.1, -0.05) is 22.0 Å². The highest BCUT2D eigenvalue weighted by molar-refractivity contribution is 9.10. The smallest absolute Gasteiger partial charge is 0.160 e. The number of hydrogen-bond donors (Lipinski definition) is 0. The van der Waals surface area contributed by atoms with Gasteiger partial charge in [0.2, 0.25) is 0 Å². The second kappa shape index (κ2) is 5.98. The van der Waals surface area contributed by atoms with Gasteiger partial charge in [0, 0.05) is 17.3 Å². The van der Waals surface area contributed by atoms with Gasteiger partial charge in [-0.3, -0.25) is 0 Å². The van der Waals surface area contributed by atoms with Crippen molar-refractivity contribution in [3.63, 3.8) is 0 Å². The van der Waals surface area contributed by atoms with E-state index in [4.69, 9.17) is 14.2 Å². The van der Waals surface area contributed by atoms with Gasteiger partial charge in [0.15, 0.2) is 11.5 Å². The van der Waals surface area contributed by atoms with Crippen LogP contribution in [0.1, 0.15) is 16.7 Å². The number of ether oxygens (including phenoxy) is 3. The van der Waals surface area contributed by atoms with Crippen LogP contribution in [0.15, 0.2) is 34.8 Å². The third-order valence-electron chi connectivity index (χ3n) is 3.67. The highest BCUT2D eigenvalue weighted by Crippen LogP contribution is 2.35. The van der Waals surface area contributed by atoms with Crippen LogP contribution < -0.4 is 14.2 Å². The van der Waals surface area contributed by atoms with Gasteiger partial charge < -0.3 is 14.2 Å². The van der Waals surface area contributed by atoms with Crippen LogP contribution in [-0.2, 0) is 12.8 Å². The van der Waals surface area contributed by atoms with E-state index in [0.717, 1.165) is 41.2 Å². The Morgan fingerprint density at radius 2 is 1.90 bits per heavy atom. The van der Waals surface area contributed by atoms with Crippen molar-refractivity contribution in [2.24, 2.45) is 0 Å². The fourth-order valence-electron chi connectivity index (χ4n) is 2.69. The van der Waals surface area contributed by atoms with Crippen molar-refractivity contribution in [3.8, 4) is 17.2 Å². The minimum atomic E-state index is 0.747. The van der Waals surface area contributed by atoms with Gasteiger partial charge in [0.25, 0.3) is 0 Å². The topological polar surface area (TPSA) is 27.7 Å². The summed E-state index contributed by atoms with van der Waals surface area (Å²) >= 11 is 3.58. The van der Waals surface area contributed by atoms with E-state index in [0.29, 0.717) is 0 Å². The molecule has 4 heteroatoms. The third-order valence-corrected chi connectivity index (χ3v) is 4.13. The second-order valence-electron chi connectivity index (χ2n) is 5.02. The maximum absolute atomic E-state index is 5.78. The Balaban J connectivity index is 1.94. The summed E-state index contributed by atoms with van der Waals surface area (Å²) in [7, 11) is 3.30. The lowest BCUT2D eigenvalue weighted by Gasteiger charge is -2.12. The van der Waals surface area contributed by atoms with Crippen molar-refractivity contribution in [3.05, 3.63) is 51.5 Å². The Bertz CT molecular complexity index is 667. The molecule has 0 aliphatic carbocycles. The van der Waals surface area contributed by atoms with Crippen LogP contribution in [0.5, 0.6) is 17.2 Å². The summed E-state index contributed by atoms with van der Waals surface area (Å²) < 4.78 is 17.5. The molecule has 21 heavy (non-hydrogen) atoms. The monoisotopic (exact) mass is 348 g/mol. The molecule has 0 saturated heterocycles. The Kier molecular flexibility index (Phi) is 4.06. The molecule has 0 N–H and O–H groups in total. The lowest BCUT2D eigenvalue weighted by Crippen LogP contribution is -1.96. The van der Waals surface area contributed by atoms with Crippen LogP contribution >= 0.6 is 15.9 Å². The molecule has 0 fully saturated rings. The van der Waals surface area contributed by atoms with Crippen molar-refractivity contribution >= 4 is 15.9 Å². The molecule has 0 bridgehead atoms. The van der Waals surface area contributed by atoms with Crippen molar-refractivity contribution in [2.75, 3.05) is 20.8 Å². The minimum Gasteiger partial charge on any atom is -0.493 e. The third kappa shape index (κ3) is 2.86. The quantitative estimate of drug-likeness (QED) is 0.835. The van der Waals surface area contributed by atoms with E-state index in [2.05, 4.69) is 34.1 Å².